The lowest BCUT2D eigenvalue weighted by Crippen LogP contribution is -2.18. The van der Waals surface area contributed by atoms with Gasteiger partial charge >= 0.3 is 0 Å². The van der Waals surface area contributed by atoms with Gasteiger partial charge in [-0.05, 0) is 31.5 Å². The Morgan fingerprint density at radius 1 is 1.37 bits per heavy atom. The van der Waals surface area contributed by atoms with E-state index in [0.717, 1.165) is 22.8 Å². The Balaban J connectivity index is 2.12. The van der Waals surface area contributed by atoms with E-state index in [1.165, 1.54) is 0 Å². The van der Waals surface area contributed by atoms with E-state index in [0.29, 0.717) is 12.1 Å². The minimum atomic E-state index is -0.0829. The van der Waals surface area contributed by atoms with Crippen LogP contribution in [-0.4, -0.2) is 22.9 Å². The monoisotopic (exact) mass is 258 g/mol. The van der Waals surface area contributed by atoms with Crippen LogP contribution in [0.2, 0.25) is 0 Å². The largest absolute Gasteiger partial charge is 0.379 e. The number of rotatable bonds is 4. The van der Waals surface area contributed by atoms with E-state index in [-0.39, 0.29) is 5.91 Å². The lowest BCUT2D eigenvalue weighted by molar-refractivity contribution is 0.0963. The van der Waals surface area contributed by atoms with Gasteiger partial charge in [0.2, 0.25) is 0 Å². The van der Waals surface area contributed by atoms with Gasteiger partial charge in [0, 0.05) is 18.3 Å². The molecular formula is C14H18N4O. The van der Waals surface area contributed by atoms with E-state index in [1.807, 2.05) is 32.0 Å². The number of aromatic amines is 1. The van der Waals surface area contributed by atoms with Crippen LogP contribution in [0.25, 0.3) is 0 Å². The summed E-state index contributed by atoms with van der Waals surface area (Å²) >= 11 is 0. The van der Waals surface area contributed by atoms with Gasteiger partial charge in [-0.3, -0.25) is 4.79 Å². The van der Waals surface area contributed by atoms with Gasteiger partial charge in [-0.1, -0.05) is 6.07 Å². The first-order valence-electron chi connectivity index (χ1n) is 6.17. The molecule has 0 spiro atoms. The van der Waals surface area contributed by atoms with E-state index in [9.17, 15) is 4.79 Å². The molecule has 1 heterocycles. The van der Waals surface area contributed by atoms with Crippen LogP contribution in [0.15, 0.2) is 24.4 Å². The Kier molecular flexibility index (Phi) is 3.85. The number of benzene rings is 1. The number of carbonyl (C=O) groups excluding carboxylic acids is 1. The third-order valence-corrected chi connectivity index (χ3v) is 2.95. The number of imidazole rings is 1. The second-order valence-electron chi connectivity index (χ2n) is 4.46. The van der Waals surface area contributed by atoms with Gasteiger partial charge in [-0.15, -0.1) is 0 Å². The second kappa shape index (κ2) is 5.56. The van der Waals surface area contributed by atoms with Crippen LogP contribution in [0.4, 0.5) is 5.69 Å². The van der Waals surface area contributed by atoms with Crippen molar-refractivity contribution in [2.75, 3.05) is 12.4 Å². The van der Waals surface area contributed by atoms with Crippen LogP contribution in [0.3, 0.4) is 0 Å². The summed E-state index contributed by atoms with van der Waals surface area (Å²) in [5.41, 5.74) is 3.72. The number of aromatic nitrogens is 2. The van der Waals surface area contributed by atoms with Crippen LogP contribution in [-0.2, 0) is 6.54 Å². The van der Waals surface area contributed by atoms with Crippen molar-refractivity contribution in [3.8, 4) is 0 Å². The summed E-state index contributed by atoms with van der Waals surface area (Å²) in [5.74, 6) is 0.813. The number of aryl methyl sites for hydroxylation is 2. The zero-order valence-corrected chi connectivity index (χ0v) is 11.4. The zero-order chi connectivity index (χ0) is 13.8. The summed E-state index contributed by atoms with van der Waals surface area (Å²) in [7, 11) is 1.63. The number of carbonyl (C=O) groups is 1. The van der Waals surface area contributed by atoms with Crippen LogP contribution in [0.5, 0.6) is 0 Å². The third-order valence-electron chi connectivity index (χ3n) is 2.95. The van der Waals surface area contributed by atoms with Crippen LogP contribution < -0.4 is 10.6 Å². The minimum Gasteiger partial charge on any atom is -0.379 e. The Hall–Kier alpha value is -2.30. The molecular weight excluding hydrogens is 240 g/mol. The number of nitrogens with zero attached hydrogens (tertiary/aromatic N) is 1. The summed E-state index contributed by atoms with van der Waals surface area (Å²) < 4.78 is 0. The highest BCUT2D eigenvalue weighted by Gasteiger charge is 2.06. The maximum Gasteiger partial charge on any atom is 0.251 e. The van der Waals surface area contributed by atoms with Gasteiger partial charge in [0.1, 0.15) is 5.82 Å². The molecule has 1 aromatic carbocycles. The van der Waals surface area contributed by atoms with Crippen molar-refractivity contribution < 1.29 is 4.79 Å². The fraction of sp³-hybridized carbons (Fsp3) is 0.286. The zero-order valence-electron chi connectivity index (χ0n) is 11.4. The Morgan fingerprint density at radius 3 is 2.79 bits per heavy atom. The highest BCUT2D eigenvalue weighted by atomic mass is 16.1. The molecule has 0 bridgehead atoms. The first kappa shape index (κ1) is 13.1. The third kappa shape index (κ3) is 3.13. The van der Waals surface area contributed by atoms with E-state index < -0.39 is 0 Å². The van der Waals surface area contributed by atoms with E-state index in [4.69, 9.17) is 0 Å². The fourth-order valence-corrected chi connectivity index (χ4v) is 1.85. The van der Waals surface area contributed by atoms with Crippen molar-refractivity contribution in [1.29, 1.82) is 0 Å². The predicted molar refractivity (Wildman–Crippen MR) is 75.2 cm³/mol. The second-order valence-corrected chi connectivity index (χ2v) is 4.46. The molecule has 3 N–H and O–H groups in total. The quantitative estimate of drug-likeness (QED) is 0.785. The van der Waals surface area contributed by atoms with Gasteiger partial charge in [0.25, 0.3) is 5.91 Å². The molecule has 0 aliphatic carbocycles. The molecule has 0 saturated carbocycles. The number of H-pyrrole nitrogens is 1. The molecule has 5 nitrogen and oxygen atoms in total. The molecule has 0 aliphatic rings. The number of anilines is 1. The van der Waals surface area contributed by atoms with Crippen LogP contribution >= 0.6 is 0 Å². The first-order valence-corrected chi connectivity index (χ1v) is 6.17. The topological polar surface area (TPSA) is 69.8 Å². The molecule has 0 unspecified atom stereocenters. The van der Waals surface area contributed by atoms with Crippen LogP contribution in [0.1, 0.15) is 27.4 Å². The SMILES string of the molecule is CNC(=O)c1ccc(C)c(NCc2cnc(C)[nH]2)c1. The number of nitrogens with one attached hydrogen (secondary N) is 3. The molecule has 5 heteroatoms. The number of hydrogen-bond donors (Lipinski definition) is 3. The molecule has 1 aromatic heterocycles. The lowest BCUT2D eigenvalue weighted by Gasteiger charge is -2.10. The average Bonchev–Trinajstić information content (AvgIpc) is 2.82. The summed E-state index contributed by atoms with van der Waals surface area (Å²) in [4.78, 5) is 18.9. The summed E-state index contributed by atoms with van der Waals surface area (Å²) in [5, 5.41) is 5.93. The van der Waals surface area contributed by atoms with Gasteiger partial charge < -0.3 is 15.6 Å². The maximum absolute atomic E-state index is 11.6. The van der Waals surface area contributed by atoms with Crippen molar-refractivity contribution in [1.82, 2.24) is 15.3 Å². The van der Waals surface area contributed by atoms with Crippen LogP contribution in [0, 0.1) is 13.8 Å². The molecule has 0 fully saturated rings. The lowest BCUT2D eigenvalue weighted by atomic mass is 10.1. The van der Waals surface area contributed by atoms with Gasteiger partial charge in [-0.2, -0.15) is 0 Å². The Labute approximate surface area is 112 Å². The normalized spacial score (nSPS) is 10.3. The number of hydrogen-bond acceptors (Lipinski definition) is 3. The molecule has 2 rings (SSSR count). The summed E-state index contributed by atoms with van der Waals surface area (Å²) in [6.07, 6.45) is 1.81. The van der Waals surface area contributed by atoms with Crippen molar-refractivity contribution >= 4 is 11.6 Å². The van der Waals surface area contributed by atoms with Gasteiger partial charge in [-0.25, -0.2) is 4.98 Å². The molecule has 0 saturated heterocycles. The van der Waals surface area contributed by atoms with Gasteiger partial charge in [0.05, 0.1) is 18.4 Å². The van der Waals surface area contributed by atoms with E-state index in [1.54, 1.807) is 13.2 Å². The molecule has 0 radical (unpaired) electrons. The van der Waals surface area contributed by atoms with Crippen molar-refractivity contribution in [2.45, 2.75) is 20.4 Å². The minimum absolute atomic E-state index is 0.0829. The van der Waals surface area contributed by atoms with E-state index in [2.05, 4.69) is 20.6 Å². The molecule has 1 amide bonds. The van der Waals surface area contributed by atoms with Crippen molar-refractivity contribution in [3.05, 3.63) is 47.0 Å². The first-order chi connectivity index (χ1) is 9.10. The Bertz CT molecular complexity index is 589. The maximum atomic E-state index is 11.6. The van der Waals surface area contributed by atoms with Gasteiger partial charge in [0.15, 0.2) is 0 Å². The Morgan fingerprint density at radius 2 is 2.16 bits per heavy atom. The average molecular weight is 258 g/mol. The summed E-state index contributed by atoms with van der Waals surface area (Å²) in [6, 6.07) is 5.61. The molecule has 2 aromatic rings. The standard InChI is InChI=1S/C14H18N4O/c1-9-4-5-11(14(19)15-3)6-13(9)17-8-12-7-16-10(2)18-12/h4-7,17H,8H2,1-3H3,(H,15,19)(H,16,18). The molecule has 19 heavy (non-hydrogen) atoms. The smallest absolute Gasteiger partial charge is 0.251 e. The van der Waals surface area contributed by atoms with Crippen molar-refractivity contribution in [2.24, 2.45) is 0 Å². The molecule has 0 aliphatic heterocycles. The molecule has 100 valence electrons. The van der Waals surface area contributed by atoms with E-state index >= 15 is 0 Å². The summed E-state index contributed by atoms with van der Waals surface area (Å²) in [6.45, 7) is 4.58. The highest BCUT2D eigenvalue weighted by molar-refractivity contribution is 5.95. The molecule has 0 atom stereocenters. The highest BCUT2D eigenvalue weighted by Crippen LogP contribution is 2.17. The van der Waals surface area contributed by atoms with Crippen molar-refractivity contribution in [3.63, 3.8) is 0 Å². The predicted octanol–water partition coefficient (Wildman–Crippen LogP) is 2.00. The number of amides is 1. The fourth-order valence-electron chi connectivity index (χ4n) is 1.85.